The summed E-state index contributed by atoms with van der Waals surface area (Å²) in [6, 6.07) is 0. The fourth-order valence-electron chi connectivity index (χ4n) is 0.664. The van der Waals surface area contributed by atoms with Gasteiger partial charge in [0.25, 0.3) is 0 Å². The van der Waals surface area contributed by atoms with Crippen LogP contribution in [-0.2, 0) is 4.74 Å². The summed E-state index contributed by atoms with van der Waals surface area (Å²) < 4.78 is 5.26. The topological polar surface area (TPSA) is 69.9 Å². The molecular formula is C11H26O4. The average Bonchev–Trinajstić information content (AvgIpc) is 2.24. The quantitative estimate of drug-likeness (QED) is 0.534. The molecule has 0 aromatic heterocycles. The summed E-state index contributed by atoms with van der Waals surface area (Å²) in [5, 5.41) is 24.4. The number of rotatable bonds is 8. The van der Waals surface area contributed by atoms with Gasteiger partial charge < -0.3 is 20.1 Å². The Labute approximate surface area is 92.9 Å². The van der Waals surface area contributed by atoms with Crippen molar-refractivity contribution in [3.63, 3.8) is 0 Å². The predicted molar refractivity (Wildman–Crippen MR) is 60.8 cm³/mol. The minimum atomic E-state index is -0.560. The van der Waals surface area contributed by atoms with Crippen molar-refractivity contribution in [1.29, 1.82) is 0 Å². The SMILES string of the molecule is CC(O)CO.CCCCOCCCCO. The van der Waals surface area contributed by atoms with Gasteiger partial charge in [-0.15, -0.1) is 0 Å². The highest BCUT2D eigenvalue weighted by molar-refractivity contribution is 4.37. The molecule has 0 aromatic carbocycles. The van der Waals surface area contributed by atoms with Crippen LogP contribution in [-0.4, -0.2) is 47.9 Å². The number of ether oxygens (including phenoxy) is 1. The molecule has 0 spiro atoms. The van der Waals surface area contributed by atoms with Gasteiger partial charge in [-0.05, 0) is 26.2 Å². The first-order chi connectivity index (χ1) is 7.18. The maximum atomic E-state index is 8.41. The van der Waals surface area contributed by atoms with Gasteiger partial charge in [0.05, 0.1) is 12.7 Å². The zero-order valence-corrected chi connectivity index (χ0v) is 9.98. The largest absolute Gasteiger partial charge is 0.396 e. The van der Waals surface area contributed by atoms with Gasteiger partial charge in [0, 0.05) is 19.8 Å². The molecule has 94 valence electrons. The molecule has 1 unspecified atom stereocenters. The predicted octanol–water partition coefficient (Wildman–Crippen LogP) is 0.935. The third-order valence-electron chi connectivity index (χ3n) is 1.60. The first-order valence-corrected chi connectivity index (χ1v) is 5.66. The first-order valence-electron chi connectivity index (χ1n) is 5.66. The molecule has 0 bridgehead atoms. The van der Waals surface area contributed by atoms with Gasteiger partial charge in [0.2, 0.25) is 0 Å². The third-order valence-corrected chi connectivity index (χ3v) is 1.60. The highest BCUT2D eigenvalue weighted by atomic mass is 16.5. The van der Waals surface area contributed by atoms with Gasteiger partial charge in [-0.2, -0.15) is 0 Å². The summed E-state index contributed by atoms with van der Waals surface area (Å²) in [5.41, 5.74) is 0. The highest BCUT2D eigenvalue weighted by Crippen LogP contribution is 1.91. The second-order valence-corrected chi connectivity index (χ2v) is 3.43. The number of aliphatic hydroxyl groups is 3. The van der Waals surface area contributed by atoms with Crippen molar-refractivity contribution in [1.82, 2.24) is 0 Å². The van der Waals surface area contributed by atoms with E-state index in [1.54, 1.807) is 0 Å². The van der Waals surface area contributed by atoms with Crippen LogP contribution in [0, 0.1) is 0 Å². The number of hydrogen-bond acceptors (Lipinski definition) is 4. The first kappa shape index (κ1) is 17.2. The van der Waals surface area contributed by atoms with Gasteiger partial charge in [-0.25, -0.2) is 0 Å². The van der Waals surface area contributed by atoms with Gasteiger partial charge in [0.1, 0.15) is 0 Å². The van der Waals surface area contributed by atoms with Gasteiger partial charge >= 0.3 is 0 Å². The minimum absolute atomic E-state index is 0.139. The van der Waals surface area contributed by atoms with E-state index >= 15 is 0 Å². The van der Waals surface area contributed by atoms with Crippen molar-refractivity contribution < 1.29 is 20.1 Å². The second-order valence-electron chi connectivity index (χ2n) is 3.43. The summed E-state index contributed by atoms with van der Waals surface area (Å²) in [5.74, 6) is 0. The van der Waals surface area contributed by atoms with E-state index in [9.17, 15) is 0 Å². The molecule has 0 saturated carbocycles. The highest BCUT2D eigenvalue weighted by Gasteiger charge is 1.87. The number of aliphatic hydroxyl groups excluding tert-OH is 3. The number of hydrogen-bond donors (Lipinski definition) is 3. The lowest BCUT2D eigenvalue weighted by Crippen LogP contribution is -2.03. The molecule has 15 heavy (non-hydrogen) atoms. The van der Waals surface area contributed by atoms with Crippen molar-refractivity contribution in [2.24, 2.45) is 0 Å². The molecule has 0 aliphatic heterocycles. The van der Waals surface area contributed by atoms with E-state index in [4.69, 9.17) is 20.1 Å². The van der Waals surface area contributed by atoms with Gasteiger partial charge in [-0.1, -0.05) is 13.3 Å². The lowest BCUT2D eigenvalue weighted by molar-refractivity contribution is 0.110. The van der Waals surface area contributed by atoms with E-state index < -0.39 is 6.10 Å². The Morgan fingerprint density at radius 3 is 2.00 bits per heavy atom. The molecule has 0 amide bonds. The molecule has 3 N–H and O–H groups in total. The Morgan fingerprint density at radius 1 is 1.07 bits per heavy atom. The van der Waals surface area contributed by atoms with Crippen molar-refractivity contribution in [2.75, 3.05) is 26.4 Å². The van der Waals surface area contributed by atoms with E-state index in [0.29, 0.717) is 0 Å². The van der Waals surface area contributed by atoms with Crippen LogP contribution in [0.15, 0.2) is 0 Å². The van der Waals surface area contributed by atoms with Gasteiger partial charge in [-0.3, -0.25) is 0 Å². The fourth-order valence-corrected chi connectivity index (χ4v) is 0.664. The Balaban J connectivity index is 0. The van der Waals surface area contributed by atoms with Crippen LogP contribution in [0.5, 0.6) is 0 Å². The molecule has 1 atom stereocenters. The third kappa shape index (κ3) is 24.8. The second kappa shape index (κ2) is 16.3. The lowest BCUT2D eigenvalue weighted by Gasteiger charge is -2.00. The van der Waals surface area contributed by atoms with Crippen LogP contribution in [0.3, 0.4) is 0 Å². The van der Waals surface area contributed by atoms with Crippen molar-refractivity contribution in [2.45, 2.75) is 45.6 Å². The van der Waals surface area contributed by atoms with Crippen LogP contribution in [0.4, 0.5) is 0 Å². The molecule has 4 heteroatoms. The molecule has 0 aliphatic rings. The van der Waals surface area contributed by atoms with Crippen LogP contribution >= 0.6 is 0 Å². The van der Waals surface area contributed by atoms with E-state index in [1.165, 1.54) is 13.3 Å². The Kier molecular flexibility index (Phi) is 18.7. The molecule has 0 aromatic rings. The molecule has 4 nitrogen and oxygen atoms in total. The van der Waals surface area contributed by atoms with E-state index in [-0.39, 0.29) is 13.2 Å². The fraction of sp³-hybridized carbons (Fsp3) is 1.00. The monoisotopic (exact) mass is 222 g/mol. The standard InChI is InChI=1S/C8H18O2.C3H8O2/c1-2-3-7-10-8-5-4-6-9;1-3(5)2-4/h9H,2-8H2,1H3;3-5H,2H2,1H3. The molecule has 0 aliphatic carbocycles. The van der Waals surface area contributed by atoms with Crippen molar-refractivity contribution in [3.8, 4) is 0 Å². The maximum Gasteiger partial charge on any atom is 0.0742 e. The summed E-state index contributed by atoms with van der Waals surface area (Å²) >= 11 is 0. The zero-order valence-electron chi connectivity index (χ0n) is 9.98. The van der Waals surface area contributed by atoms with E-state index in [2.05, 4.69) is 6.92 Å². The Bertz CT molecular complexity index is 88.6. The van der Waals surface area contributed by atoms with E-state index in [1.807, 2.05) is 0 Å². The maximum absolute atomic E-state index is 8.41. The number of unbranched alkanes of at least 4 members (excludes halogenated alkanes) is 2. The van der Waals surface area contributed by atoms with Gasteiger partial charge in [0.15, 0.2) is 0 Å². The Morgan fingerprint density at radius 2 is 1.60 bits per heavy atom. The Hall–Kier alpha value is -0.160. The van der Waals surface area contributed by atoms with Crippen LogP contribution in [0.25, 0.3) is 0 Å². The zero-order chi connectivity index (χ0) is 11.9. The summed E-state index contributed by atoms with van der Waals surface area (Å²) in [4.78, 5) is 0. The molecule has 0 rings (SSSR count). The van der Waals surface area contributed by atoms with Crippen LogP contribution in [0.2, 0.25) is 0 Å². The minimum Gasteiger partial charge on any atom is -0.396 e. The van der Waals surface area contributed by atoms with Crippen LogP contribution < -0.4 is 0 Å². The molecule has 0 radical (unpaired) electrons. The lowest BCUT2D eigenvalue weighted by atomic mass is 10.3. The molecular weight excluding hydrogens is 196 g/mol. The molecule has 0 fully saturated rings. The van der Waals surface area contributed by atoms with Crippen molar-refractivity contribution in [3.05, 3.63) is 0 Å². The summed E-state index contributed by atoms with van der Waals surface area (Å²) in [7, 11) is 0. The summed E-state index contributed by atoms with van der Waals surface area (Å²) in [6.45, 7) is 5.51. The van der Waals surface area contributed by atoms with Crippen molar-refractivity contribution >= 4 is 0 Å². The smallest absolute Gasteiger partial charge is 0.0742 e. The molecule has 0 heterocycles. The average molecular weight is 222 g/mol. The van der Waals surface area contributed by atoms with Crippen LogP contribution in [0.1, 0.15) is 39.5 Å². The molecule has 0 saturated heterocycles. The summed E-state index contributed by atoms with van der Waals surface area (Å²) in [6.07, 6.45) is 3.64. The van der Waals surface area contributed by atoms with E-state index in [0.717, 1.165) is 32.5 Å². The normalized spacial score (nSPS) is 11.8.